The molecule has 0 aliphatic carbocycles. The van der Waals surface area contributed by atoms with Crippen LogP contribution in [0.5, 0.6) is 0 Å². The molecule has 0 radical (unpaired) electrons. The van der Waals surface area contributed by atoms with E-state index in [0.29, 0.717) is 0 Å². The number of hydrogen-bond donors (Lipinski definition) is 0. The molecule has 0 amide bonds. The number of hydrogen-bond acceptors (Lipinski definition) is 2. The van der Waals surface area contributed by atoms with Gasteiger partial charge in [-0.15, -0.1) is 0 Å². The van der Waals surface area contributed by atoms with Crippen molar-refractivity contribution in [1.29, 1.82) is 0 Å². The molecule has 1 aliphatic heterocycles. The average Bonchev–Trinajstić information content (AvgIpc) is 2.56. The van der Waals surface area contributed by atoms with Crippen molar-refractivity contribution in [1.82, 2.24) is 9.88 Å². The molecule has 23 heavy (non-hydrogen) atoms. The number of likely N-dealkylation sites (tertiary alicyclic amines) is 1. The Morgan fingerprint density at radius 1 is 1.00 bits per heavy atom. The van der Waals surface area contributed by atoms with Gasteiger partial charge in [-0.3, -0.25) is 9.88 Å². The van der Waals surface area contributed by atoms with Gasteiger partial charge in [0.2, 0.25) is 0 Å². The van der Waals surface area contributed by atoms with Crippen molar-refractivity contribution in [2.24, 2.45) is 0 Å². The van der Waals surface area contributed by atoms with E-state index in [1.54, 1.807) is 5.57 Å². The Hall–Kier alpha value is -1.93. The lowest BCUT2D eigenvalue weighted by Gasteiger charge is -2.39. The lowest BCUT2D eigenvalue weighted by Crippen LogP contribution is -2.44. The van der Waals surface area contributed by atoms with E-state index in [-0.39, 0.29) is 5.54 Å². The van der Waals surface area contributed by atoms with Crippen LogP contribution in [0.3, 0.4) is 0 Å². The minimum absolute atomic E-state index is 0.282. The van der Waals surface area contributed by atoms with Crippen molar-refractivity contribution in [2.45, 2.75) is 39.2 Å². The zero-order valence-electron chi connectivity index (χ0n) is 14.4. The molecule has 0 unspecified atom stereocenters. The van der Waals surface area contributed by atoms with Crippen LogP contribution in [0.1, 0.15) is 39.2 Å². The van der Waals surface area contributed by atoms with Crippen molar-refractivity contribution in [2.75, 3.05) is 13.1 Å². The van der Waals surface area contributed by atoms with Crippen molar-refractivity contribution >= 4 is 6.08 Å². The van der Waals surface area contributed by atoms with Crippen LogP contribution in [-0.4, -0.2) is 28.5 Å². The molecule has 0 atom stereocenters. The third-order valence-corrected chi connectivity index (χ3v) is 4.57. The minimum atomic E-state index is 0.282. The van der Waals surface area contributed by atoms with Gasteiger partial charge in [0, 0.05) is 30.4 Å². The number of aromatic nitrogens is 1. The van der Waals surface area contributed by atoms with Crippen molar-refractivity contribution < 1.29 is 0 Å². The van der Waals surface area contributed by atoms with E-state index in [1.165, 1.54) is 24.0 Å². The summed E-state index contributed by atoms with van der Waals surface area (Å²) in [5.41, 5.74) is 5.35. The third kappa shape index (κ3) is 4.08. The van der Waals surface area contributed by atoms with Gasteiger partial charge >= 0.3 is 0 Å². The van der Waals surface area contributed by atoms with Crippen LogP contribution >= 0.6 is 0 Å². The summed E-state index contributed by atoms with van der Waals surface area (Å²) in [6.45, 7) is 9.23. The number of nitrogens with zero attached hydrogens (tertiary/aromatic N) is 2. The van der Waals surface area contributed by atoms with Gasteiger partial charge in [-0.2, -0.15) is 0 Å². The highest BCUT2D eigenvalue weighted by molar-refractivity contribution is 5.65. The Morgan fingerprint density at radius 2 is 1.78 bits per heavy atom. The summed E-state index contributed by atoms with van der Waals surface area (Å²) in [6, 6.07) is 14.7. The van der Waals surface area contributed by atoms with E-state index in [2.05, 4.69) is 67.1 Å². The number of piperidine rings is 1. The standard InChI is InChI=1S/C21H26N2/c1-21(2,3)23-13-10-17(11-14-23)15-18-7-6-8-19(16-18)20-9-4-5-12-22-20/h4-9,12,15-16H,10-11,13-14H2,1-3H3. The summed E-state index contributed by atoms with van der Waals surface area (Å²) in [5.74, 6) is 0. The predicted molar refractivity (Wildman–Crippen MR) is 98.2 cm³/mol. The van der Waals surface area contributed by atoms with Gasteiger partial charge in [-0.25, -0.2) is 0 Å². The van der Waals surface area contributed by atoms with E-state index >= 15 is 0 Å². The van der Waals surface area contributed by atoms with Gasteiger partial charge in [0.1, 0.15) is 0 Å². The van der Waals surface area contributed by atoms with Crippen LogP contribution in [0, 0.1) is 0 Å². The number of rotatable bonds is 2. The van der Waals surface area contributed by atoms with Crippen LogP contribution < -0.4 is 0 Å². The van der Waals surface area contributed by atoms with Crippen LogP contribution in [0.25, 0.3) is 17.3 Å². The van der Waals surface area contributed by atoms with Gasteiger partial charge in [-0.05, 0) is 57.4 Å². The first kappa shape index (κ1) is 15.9. The fraction of sp³-hybridized carbons (Fsp3) is 0.381. The molecular formula is C21H26N2. The summed E-state index contributed by atoms with van der Waals surface area (Å²) in [7, 11) is 0. The van der Waals surface area contributed by atoms with Gasteiger partial charge < -0.3 is 0 Å². The molecule has 2 heterocycles. The fourth-order valence-electron chi connectivity index (χ4n) is 3.17. The normalized spacial score (nSPS) is 16.4. The molecule has 1 saturated heterocycles. The topological polar surface area (TPSA) is 16.1 Å². The fourth-order valence-corrected chi connectivity index (χ4v) is 3.17. The van der Waals surface area contributed by atoms with E-state index < -0.39 is 0 Å². The first-order valence-electron chi connectivity index (χ1n) is 8.48. The third-order valence-electron chi connectivity index (χ3n) is 4.57. The summed E-state index contributed by atoms with van der Waals surface area (Å²) in [6.07, 6.45) is 6.56. The lowest BCUT2D eigenvalue weighted by atomic mass is 9.96. The summed E-state index contributed by atoms with van der Waals surface area (Å²) < 4.78 is 0. The summed E-state index contributed by atoms with van der Waals surface area (Å²) in [4.78, 5) is 7.02. The zero-order chi connectivity index (χ0) is 16.3. The van der Waals surface area contributed by atoms with E-state index in [9.17, 15) is 0 Å². The Bertz CT molecular complexity index is 670. The second-order valence-electron chi connectivity index (χ2n) is 7.30. The molecule has 0 N–H and O–H groups in total. The predicted octanol–water partition coefficient (Wildman–Crippen LogP) is 5.03. The van der Waals surface area contributed by atoms with Crippen molar-refractivity contribution in [3.05, 3.63) is 59.8 Å². The van der Waals surface area contributed by atoms with E-state index in [4.69, 9.17) is 0 Å². The van der Waals surface area contributed by atoms with E-state index in [0.717, 1.165) is 18.8 Å². The molecule has 2 heteroatoms. The summed E-state index contributed by atoms with van der Waals surface area (Å²) in [5, 5.41) is 0. The van der Waals surface area contributed by atoms with Crippen molar-refractivity contribution in [3.63, 3.8) is 0 Å². The SMILES string of the molecule is CC(C)(C)N1CCC(=Cc2cccc(-c3ccccn3)c2)CC1. The smallest absolute Gasteiger partial charge is 0.0702 e. The molecule has 0 bridgehead atoms. The lowest BCUT2D eigenvalue weighted by molar-refractivity contribution is 0.126. The van der Waals surface area contributed by atoms with Crippen molar-refractivity contribution in [3.8, 4) is 11.3 Å². The molecule has 120 valence electrons. The van der Waals surface area contributed by atoms with Crippen LogP contribution in [0.2, 0.25) is 0 Å². The van der Waals surface area contributed by atoms with Gasteiger partial charge in [0.25, 0.3) is 0 Å². The second kappa shape index (κ2) is 6.67. The zero-order valence-corrected chi connectivity index (χ0v) is 14.4. The largest absolute Gasteiger partial charge is 0.298 e. The molecule has 3 rings (SSSR count). The Kier molecular flexibility index (Phi) is 4.63. The quantitative estimate of drug-likeness (QED) is 0.774. The first-order valence-corrected chi connectivity index (χ1v) is 8.48. The van der Waals surface area contributed by atoms with Gasteiger partial charge in [0.15, 0.2) is 0 Å². The molecule has 0 saturated carbocycles. The minimum Gasteiger partial charge on any atom is -0.298 e. The van der Waals surface area contributed by atoms with E-state index in [1.807, 2.05) is 18.3 Å². The highest BCUT2D eigenvalue weighted by Crippen LogP contribution is 2.26. The first-order chi connectivity index (χ1) is 11.0. The Balaban J connectivity index is 1.74. The summed E-state index contributed by atoms with van der Waals surface area (Å²) >= 11 is 0. The maximum atomic E-state index is 4.45. The van der Waals surface area contributed by atoms with Crippen LogP contribution in [0.4, 0.5) is 0 Å². The molecule has 1 aliphatic rings. The number of benzene rings is 1. The highest BCUT2D eigenvalue weighted by Gasteiger charge is 2.24. The average molecular weight is 306 g/mol. The molecule has 2 aromatic rings. The molecule has 2 nitrogen and oxygen atoms in total. The molecule has 0 spiro atoms. The second-order valence-corrected chi connectivity index (χ2v) is 7.30. The van der Waals surface area contributed by atoms with Gasteiger partial charge in [0.05, 0.1) is 5.69 Å². The highest BCUT2D eigenvalue weighted by atomic mass is 15.2. The molecule has 1 aromatic carbocycles. The maximum absolute atomic E-state index is 4.45. The number of pyridine rings is 1. The molecule has 1 aromatic heterocycles. The Labute approximate surface area is 139 Å². The van der Waals surface area contributed by atoms with Gasteiger partial charge in [-0.1, -0.05) is 35.9 Å². The Morgan fingerprint density at radius 3 is 2.43 bits per heavy atom. The maximum Gasteiger partial charge on any atom is 0.0702 e. The monoisotopic (exact) mass is 306 g/mol. The molecular weight excluding hydrogens is 280 g/mol. The molecule has 1 fully saturated rings. The van der Waals surface area contributed by atoms with Crippen LogP contribution in [0.15, 0.2) is 54.2 Å². The van der Waals surface area contributed by atoms with Crippen LogP contribution in [-0.2, 0) is 0 Å².